The zero-order valence-corrected chi connectivity index (χ0v) is 16.5. The van der Waals surface area contributed by atoms with Crippen molar-refractivity contribution in [2.24, 2.45) is 10.8 Å². The molecule has 0 spiro atoms. The van der Waals surface area contributed by atoms with Crippen LogP contribution in [0.1, 0.15) is 74.1 Å². The van der Waals surface area contributed by atoms with Gasteiger partial charge in [0.1, 0.15) is 11.9 Å². The van der Waals surface area contributed by atoms with E-state index < -0.39 is 0 Å². The minimum atomic E-state index is -0.322. The number of carbonyl (C=O) groups is 2. The van der Waals surface area contributed by atoms with E-state index in [1.165, 1.54) is 11.8 Å². The van der Waals surface area contributed by atoms with Crippen molar-refractivity contribution in [3.05, 3.63) is 12.2 Å². The Labute approximate surface area is 145 Å². The highest BCUT2D eigenvalue weighted by molar-refractivity contribution is 8.14. The van der Waals surface area contributed by atoms with Gasteiger partial charge in [0.2, 0.25) is 0 Å². The average molecular weight is 341 g/mol. The summed E-state index contributed by atoms with van der Waals surface area (Å²) in [5, 5.41) is -0.221. The molecular formula is C19H32O3S. The fourth-order valence-electron chi connectivity index (χ4n) is 2.98. The first-order chi connectivity index (χ1) is 10.3. The molecule has 0 aromatic carbocycles. The Morgan fingerprint density at radius 1 is 1.17 bits per heavy atom. The number of ketones is 1. The van der Waals surface area contributed by atoms with Gasteiger partial charge in [-0.3, -0.25) is 4.79 Å². The van der Waals surface area contributed by atoms with Gasteiger partial charge < -0.3 is 4.74 Å². The fraction of sp³-hybridized carbons (Fsp3) is 0.789. The number of Topliss-reactive ketones (excluding diaryl/α,β-unsaturated/α-hetero) is 1. The zero-order chi connectivity index (χ0) is 17.9. The highest BCUT2D eigenvalue weighted by atomic mass is 32.2. The van der Waals surface area contributed by atoms with Crippen LogP contribution in [0, 0.1) is 10.8 Å². The summed E-state index contributed by atoms with van der Waals surface area (Å²) in [5.41, 5.74) is -0.638. The van der Waals surface area contributed by atoms with Gasteiger partial charge in [-0.05, 0) is 43.5 Å². The lowest BCUT2D eigenvalue weighted by Crippen LogP contribution is -2.37. The van der Waals surface area contributed by atoms with Crippen molar-refractivity contribution in [3.63, 3.8) is 0 Å². The van der Waals surface area contributed by atoms with Crippen LogP contribution in [0.15, 0.2) is 12.2 Å². The molecule has 0 saturated heterocycles. The zero-order valence-electron chi connectivity index (χ0n) is 15.7. The molecule has 4 heteroatoms. The smallest absolute Gasteiger partial charge is 0.368 e. The standard InChI is InChI=1S/C19H32O3S/c1-17(2,3)15(20)19(7)12-8-10-14(11-9-13-19)22-16(21)23-18(4,5)6/h8,10,14H,9,11-13H2,1-7H3/b10-8+. The van der Waals surface area contributed by atoms with Crippen molar-refractivity contribution >= 4 is 22.8 Å². The Kier molecular flexibility index (Phi) is 6.54. The predicted octanol–water partition coefficient (Wildman–Crippen LogP) is 5.78. The summed E-state index contributed by atoms with van der Waals surface area (Å²) in [5.74, 6) is 0.313. The number of rotatable bonds is 2. The molecule has 0 heterocycles. The second kappa shape index (κ2) is 7.42. The molecule has 0 saturated carbocycles. The number of hydrogen-bond donors (Lipinski definition) is 0. The van der Waals surface area contributed by atoms with Gasteiger partial charge in [0.25, 0.3) is 0 Å². The number of ether oxygens (including phenoxy) is 1. The van der Waals surface area contributed by atoms with Crippen molar-refractivity contribution in [1.82, 2.24) is 0 Å². The third-order valence-corrected chi connectivity index (χ3v) is 4.88. The lowest BCUT2D eigenvalue weighted by molar-refractivity contribution is -0.136. The van der Waals surface area contributed by atoms with Crippen LogP contribution < -0.4 is 0 Å². The summed E-state index contributed by atoms with van der Waals surface area (Å²) >= 11 is 1.22. The van der Waals surface area contributed by atoms with Crippen LogP contribution in [0.25, 0.3) is 0 Å². The van der Waals surface area contributed by atoms with Crippen molar-refractivity contribution < 1.29 is 14.3 Å². The SMILES string of the molecule is CC(C)(C)SC(=O)OC1/C=C/CC(C)(C(=O)C(C)(C)C)CCC1. The largest absolute Gasteiger partial charge is 0.450 e. The van der Waals surface area contributed by atoms with E-state index in [2.05, 4.69) is 6.92 Å². The topological polar surface area (TPSA) is 43.4 Å². The predicted molar refractivity (Wildman–Crippen MR) is 97.8 cm³/mol. The lowest BCUT2D eigenvalue weighted by Gasteiger charge is -2.35. The van der Waals surface area contributed by atoms with Gasteiger partial charge in [0, 0.05) is 15.6 Å². The van der Waals surface area contributed by atoms with Gasteiger partial charge in [0.15, 0.2) is 0 Å². The Hall–Kier alpha value is -0.770. The van der Waals surface area contributed by atoms with Crippen LogP contribution >= 0.6 is 11.8 Å². The number of allylic oxidation sites excluding steroid dienone is 1. The number of thioether (sulfide) groups is 1. The maximum Gasteiger partial charge on any atom is 0.368 e. The summed E-state index contributed by atoms with van der Waals surface area (Å²) < 4.78 is 5.41. The quantitative estimate of drug-likeness (QED) is 0.472. The van der Waals surface area contributed by atoms with Crippen molar-refractivity contribution in [1.29, 1.82) is 0 Å². The van der Waals surface area contributed by atoms with Crippen LogP contribution in [0.5, 0.6) is 0 Å². The first-order valence-electron chi connectivity index (χ1n) is 8.45. The van der Waals surface area contributed by atoms with Crippen LogP contribution in [0.4, 0.5) is 4.79 Å². The Morgan fingerprint density at radius 3 is 2.30 bits per heavy atom. The van der Waals surface area contributed by atoms with Gasteiger partial charge in [-0.25, -0.2) is 4.79 Å². The van der Waals surface area contributed by atoms with E-state index in [4.69, 9.17) is 4.74 Å². The average Bonchev–Trinajstić information content (AvgIpc) is 2.31. The van der Waals surface area contributed by atoms with E-state index in [1.54, 1.807) is 0 Å². The normalized spacial score (nSPS) is 27.7. The molecule has 23 heavy (non-hydrogen) atoms. The van der Waals surface area contributed by atoms with E-state index >= 15 is 0 Å². The molecule has 0 aromatic rings. The number of hydrogen-bond acceptors (Lipinski definition) is 4. The first kappa shape index (κ1) is 20.3. The summed E-state index contributed by atoms with van der Waals surface area (Å²) in [6.07, 6.45) is 7.02. The summed E-state index contributed by atoms with van der Waals surface area (Å²) in [4.78, 5) is 24.6. The summed E-state index contributed by atoms with van der Waals surface area (Å²) in [6, 6.07) is 0. The molecule has 0 N–H and O–H groups in total. The second-order valence-electron chi connectivity index (χ2n) is 8.79. The van der Waals surface area contributed by atoms with Gasteiger partial charge in [0.05, 0.1) is 0 Å². The Balaban J connectivity index is 2.69. The third-order valence-electron chi connectivity index (χ3n) is 4.00. The Morgan fingerprint density at radius 2 is 1.78 bits per heavy atom. The maximum atomic E-state index is 12.7. The molecule has 0 fully saturated rings. The van der Waals surface area contributed by atoms with E-state index in [9.17, 15) is 9.59 Å². The summed E-state index contributed by atoms with van der Waals surface area (Å²) in [7, 11) is 0. The lowest BCUT2D eigenvalue weighted by atomic mass is 9.68. The molecule has 0 bridgehead atoms. The second-order valence-corrected chi connectivity index (χ2v) is 10.5. The maximum absolute atomic E-state index is 12.7. The van der Waals surface area contributed by atoms with E-state index in [0.29, 0.717) is 12.2 Å². The van der Waals surface area contributed by atoms with Crippen molar-refractivity contribution in [2.45, 2.75) is 85.0 Å². The van der Waals surface area contributed by atoms with Crippen LogP contribution in [0.2, 0.25) is 0 Å². The van der Waals surface area contributed by atoms with Gasteiger partial charge >= 0.3 is 5.30 Å². The third kappa shape index (κ3) is 6.70. The van der Waals surface area contributed by atoms with E-state index in [1.807, 2.05) is 53.7 Å². The van der Waals surface area contributed by atoms with E-state index in [0.717, 1.165) is 19.3 Å². The van der Waals surface area contributed by atoms with Crippen molar-refractivity contribution in [2.75, 3.05) is 0 Å². The molecule has 132 valence electrons. The molecule has 2 unspecified atom stereocenters. The minimum Gasteiger partial charge on any atom is -0.450 e. The van der Waals surface area contributed by atoms with Crippen LogP contribution in [-0.4, -0.2) is 21.9 Å². The van der Waals surface area contributed by atoms with E-state index in [-0.39, 0.29) is 27.0 Å². The molecule has 0 radical (unpaired) electrons. The van der Waals surface area contributed by atoms with Gasteiger partial charge in [-0.15, -0.1) is 0 Å². The number of carbonyl (C=O) groups excluding carboxylic acids is 2. The molecule has 2 atom stereocenters. The molecule has 0 aromatic heterocycles. The highest BCUT2D eigenvalue weighted by Gasteiger charge is 2.39. The molecule has 0 aliphatic heterocycles. The van der Waals surface area contributed by atoms with Crippen LogP contribution in [0.3, 0.4) is 0 Å². The molecule has 1 aliphatic rings. The minimum absolute atomic E-state index is 0.139. The monoisotopic (exact) mass is 340 g/mol. The molecule has 0 amide bonds. The van der Waals surface area contributed by atoms with Gasteiger partial charge in [-0.2, -0.15) is 0 Å². The molecule has 1 rings (SSSR count). The summed E-state index contributed by atoms with van der Waals surface area (Å²) in [6.45, 7) is 14.0. The highest BCUT2D eigenvalue weighted by Crippen LogP contribution is 2.38. The Bertz CT molecular complexity index is 468. The van der Waals surface area contributed by atoms with Crippen LogP contribution in [-0.2, 0) is 9.53 Å². The molecule has 3 nitrogen and oxygen atoms in total. The van der Waals surface area contributed by atoms with Crippen molar-refractivity contribution in [3.8, 4) is 0 Å². The molecule has 1 aliphatic carbocycles. The molecular weight excluding hydrogens is 308 g/mol. The first-order valence-corrected chi connectivity index (χ1v) is 9.26. The van der Waals surface area contributed by atoms with Gasteiger partial charge in [-0.1, -0.05) is 54.5 Å². The fourth-order valence-corrected chi connectivity index (χ4v) is 3.65.